The summed E-state index contributed by atoms with van der Waals surface area (Å²) in [5, 5.41) is 6.22. The molecule has 92 valence electrons. The molecule has 0 saturated carbocycles. The van der Waals surface area contributed by atoms with E-state index in [1.807, 2.05) is 32.0 Å². The molecular weight excluding hydrogens is 216 g/mol. The molecule has 4 nitrogen and oxygen atoms in total. The minimum atomic E-state index is -0.145. The first-order chi connectivity index (χ1) is 8.11. The third-order valence-corrected chi connectivity index (χ3v) is 3.04. The van der Waals surface area contributed by atoms with E-state index in [-0.39, 0.29) is 17.9 Å². The number of ether oxygens (including phenoxy) is 1. The van der Waals surface area contributed by atoms with Gasteiger partial charge in [0.25, 0.3) is 0 Å². The number of nitrogens with one attached hydrogen (secondary N) is 2. The summed E-state index contributed by atoms with van der Waals surface area (Å²) in [6.45, 7) is 4.77. The smallest absolute Gasteiger partial charge is 0.241 e. The monoisotopic (exact) mass is 234 g/mol. The van der Waals surface area contributed by atoms with Gasteiger partial charge in [-0.05, 0) is 17.5 Å². The van der Waals surface area contributed by atoms with E-state index in [9.17, 15) is 4.79 Å². The molecule has 17 heavy (non-hydrogen) atoms. The second-order valence-electron chi connectivity index (χ2n) is 4.61. The van der Waals surface area contributed by atoms with Crippen molar-refractivity contribution in [2.24, 2.45) is 5.92 Å². The van der Waals surface area contributed by atoms with Crippen molar-refractivity contribution >= 4 is 11.6 Å². The third kappa shape index (κ3) is 2.42. The number of hydrogen-bond donors (Lipinski definition) is 2. The fourth-order valence-corrected chi connectivity index (χ4v) is 2.01. The third-order valence-electron chi connectivity index (χ3n) is 3.04. The van der Waals surface area contributed by atoms with E-state index in [1.165, 1.54) is 0 Å². The number of fused-ring (bicyclic) bond motifs is 1. The average molecular weight is 234 g/mol. The number of carbonyl (C=O) groups excluding carboxylic acids is 1. The van der Waals surface area contributed by atoms with E-state index < -0.39 is 0 Å². The zero-order valence-electron chi connectivity index (χ0n) is 10.4. The van der Waals surface area contributed by atoms with Crippen molar-refractivity contribution in [3.8, 4) is 5.75 Å². The average Bonchev–Trinajstić information content (AvgIpc) is 2.46. The normalized spacial score (nSPS) is 19.5. The summed E-state index contributed by atoms with van der Waals surface area (Å²) in [7, 11) is 1.62. The van der Waals surface area contributed by atoms with E-state index in [0.29, 0.717) is 6.54 Å². The van der Waals surface area contributed by atoms with Gasteiger partial charge in [-0.3, -0.25) is 4.79 Å². The van der Waals surface area contributed by atoms with Gasteiger partial charge >= 0.3 is 0 Å². The van der Waals surface area contributed by atoms with Gasteiger partial charge in [-0.2, -0.15) is 0 Å². The predicted octanol–water partition coefficient (Wildman–Crippen LogP) is 1.76. The highest BCUT2D eigenvalue weighted by Gasteiger charge is 2.25. The van der Waals surface area contributed by atoms with Gasteiger partial charge in [0.1, 0.15) is 5.75 Å². The second-order valence-corrected chi connectivity index (χ2v) is 4.61. The van der Waals surface area contributed by atoms with Crippen LogP contribution in [0.5, 0.6) is 5.75 Å². The fourth-order valence-electron chi connectivity index (χ4n) is 2.01. The molecule has 0 fully saturated rings. The van der Waals surface area contributed by atoms with Crippen LogP contribution in [0, 0.1) is 5.92 Å². The molecule has 1 heterocycles. The first kappa shape index (κ1) is 11.9. The summed E-state index contributed by atoms with van der Waals surface area (Å²) >= 11 is 0. The Labute approximate surface area is 101 Å². The van der Waals surface area contributed by atoms with E-state index in [2.05, 4.69) is 10.6 Å². The molecule has 1 unspecified atom stereocenters. The van der Waals surface area contributed by atoms with Gasteiger partial charge in [0.05, 0.1) is 13.2 Å². The number of amides is 1. The number of hydrogen-bond acceptors (Lipinski definition) is 3. The first-order valence-corrected chi connectivity index (χ1v) is 5.83. The molecule has 0 bridgehead atoms. The van der Waals surface area contributed by atoms with Crippen LogP contribution in [-0.4, -0.2) is 19.1 Å². The molecule has 1 aliphatic rings. The molecule has 1 atom stereocenters. The largest absolute Gasteiger partial charge is 0.497 e. The maximum absolute atomic E-state index is 12.0. The Morgan fingerprint density at radius 3 is 2.82 bits per heavy atom. The summed E-state index contributed by atoms with van der Waals surface area (Å²) in [6, 6.07) is 5.60. The van der Waals surface area contributed by atoms with Crippen molar-refractivity contribution in [1.82, 2.24) is 5.32 Å². The molecule has 1 aliphatic heterocycles. The topological polar surface area (TPSA) is 50.4 Å². The standard InChI is InChI=1S/C13H18N2O2/c1-8(2)12-13(16)15-11-6-10(17-3)5-4-9(11)7-14-12/h4-6,8,12,14H,7H2,1-3H3,(H,15,16). The minimum absolute atomic E-state index is 0.0204. The highest BCUT2D eigenvalue weighted by Crippen LogP contribution is 2.25. The number of methoxy groups -OCH3 is 1. The van der Waals surface area contributed by atoms with Gasteiger partial charge in [0, 0.05) is 18.3 Å². The van der Waals surface area contributed by atoms with Crippen molar-refractivity contribution in [2.75, 3.05) is 12.4 Å². The van der Waals surface area contributed by atoms with Crippen LogP contribution in [0.1, 0.15) is 19.4 Å². The SMILES string of the molecule is COc1ccc2c(c1)NC(=O)C(C(C)C)NC2. The van der Waals surface area contributed by atoms with Crippen molar-refractivity contribution in [3.05, 3.63) is 23.8 Å². The van der Waals surface area contributed by atoms with E-state index in [4.69, 9.17) is 4.74 Å². The Morgan fingerprint density at radius 1 is 1.41 bits per heavy atom. The Balaban J connectivity index is 2.28. The van der Waals surface area contributed by atoms with E-state index >= 15 is 0 Å². The number of carbonyl (C=O) groups is 1. The molecule has 0 spiro atoms. The Hall–Kier alpha value is -1.55. The Kier molecular flexibility index (Phi) is 3.33. The maximum atomic E-state index is 12.0. The second kappa shape index (κ2) is 4.75. The van der Waals surface area contributed by atoms with Crippen molar-refractivity contribution < 1.29 is 9.53 Å². The van der Waals surface area contributed by atoms with Crippen LogP contribution in [0.25, 0.3) is 0 Å². The molecule has 1 amide bonds. The lowest BCUT2D eigenvalue weighted by molar-refractivity contribution is -0.119. The summed E-state index contributed by atoms with van der Waals surface area (Å²) < 4.78 is 5.16. The van der Waals surface area contributed by atoms with Crippen LogP contribution in [0.3, 0.4) is 0 Å². The van der Waals surface area contributed by atoms with Crippen molar-refractivity contribution in [3.63, 3.8) is 0 Å². The summed E-state index contributed by atoms with van der Waals surface area (Å²) in [5.41, 5.74) is 1.92. The van der Waals surface area contributed by atoms with Crippen LogP contribution in [0.4, 0.5) is 5.69 Å². The molecule has 2 rings (SSSR count). The molecular formula is C13H18N2O2. The highest BCUT2D eigenvalue weighted by molar-refractivity contribution is 5.96. The molecule has 0 aromatic heterocycles. The van der Waals surface area contributed by atoms with Gasteiger partial charge < -0.3 is 15.4 Å². The highest BCUT2D eigenvalue weighted by atomic mass is 16.5. The zero-order chi connectivity index (χ0) is 12.4. The molecule has 0 saturated heterocycles. The Morgan fingerprint density at radius 2 is 2.18 bits per heavy atom. The van der Waals surface area contributed by atoms with Gasteiger partial charge in [0.15, 0.2) is 0 Å². The molecule has 4 heteroatoms. The lowest BCUT2D eigenvalue weighted by Crippen LogP contribution is -2.41. The molecule has 1 aromatic carbocycles. The van der Waals surface area contributed by atoms with E-state index in [1.54, 1.807) is 7.11 Å². The maximum Gasteiger partial charge on any atom is 0.241 e. The van der Waals surface area contributed by atoms with Crippen molar-refractivity contribution in [1.29, 1.82) is 0 Å². The van der Waals surface area contributed by atoms with Gasteiger partial charge in [0.2, 0.25) is 5.91 Å². The van der Waals surface area contributed by atoms with Gasteiger partial charge in [-0.15, -0.1) is 0 Å². The van der Waals surface area contributed by atoms with Gasteiger partial charge in [-0.1, -0.05) is 19.9 Å². The molecule has 2 N–H and O–H groups in total. The zero-order valence-corrected chi connectivity index (χ0v) is 10.4. The van der Waals surface area contributed by atoms with E-state index in [0.717, 1.165) is 17.0 Å². The lowest BCUT2D eigenvalue weighted by atomic mass is 10.0. The number of anilines is 1. The van der Waals surface area contributed by atoms with Crippen LogP contribution in [0.15, 0.2) is 18.2 Å². The lowest BCUT2D eigenvalue weighted by Gasteiger charge is -2.17. The van der Waals surface area contributed by atoms with Gasteiger partial charge in [-0.25, -0.2) is 0 Å². The number of rotatable bonds is 2. The van der Waals surface area contributed by atoms with Crippen LogP contribution < -0.4 is 15.4 Å². The predicted molar refractivity (Wildman–Crippen MR) is 67.1 cm³/mol. The quantitative estimate of drug-likeness (QED) is 0.819. The summed E-state index contributed by atoms with van der Waals surface area (Å²) in [4.78, 5) is 12.0. The van der Waals surface area contributed by atoms with Crippen LogP contribution in [-0.2, 0) is 11.3 Å². The van der Waals surface area contributed by atoms with Crippen LogP contribution in [0.2, 0.25) is 0 Å². The number of benzene rings is 1. The summed E-state index contributed by atoms with van der Waals surface area (Å²) in [5.74, 6) is 1.05. The Bertz CT molecular complexity index is 429. The minimum Gasteiger partial charge on any atom is -0.497 e. The van der Waals surface area contributed by atoms with Crippen LogP contribution >= 0.6 is 0 Å². The molecule has 1 aromatic rings. The fraction of sp³-hybridized carbons (Fsp3) is 0.462. The summed E-state index contributed by atoms with van der Waals surface area (Å²) in [6.07, 6.45) is 0. The molecule has 0 aliphatic carbocycles. The van der Waals surface area contributed by atoms with Crippen molar-refractivity contribution in [2.45, 2.75) is 26.4 Å². The first-order valence-electron chi connectivity index (χ1n) is 5.83. The molecule has 0 radical (unpaired) electrons.